The largest absolute Gasteiger partial charge is 0.297 e. The highest BCUT2D eigenvalue weighted by molar-refractivity contribution is 7.09. The zero-order valence-electron chi connectivity index (χ0n) is 12.1. The number of hydrogen-bond acceptors (Lipinski definition) is 3. The van der Waals surface area contributed by atoms with Crippen molar-refractivity contribution in [3.05, 3.63) is 52.0 Å². The van der Waals surface area contributed by atoms with Gasteiger partial charge in [0.1, 0.15) is 0 Å². The summed E-state index contributed by atoms with van der Waals surface area (Å²) in [5.74, 6) is 0.699. The van der Waals surface area contributed by atoms with Gasteiger partial charge in [0.2, 0.25) is 0 Å². The van der Waals surface area contributed by atoms with Crippen LogP contribution in [0.4, 0.5) is 0 Å². The van der Waals surface area contributed by atoms with Crippen molar-refractivity contribution in [2.45, 2.75) is 38.6 Å². The molecule has 1 aliphatic rings. The third-order valence-electron chi connectivity index (χ3n) is 3.99. The Hall–Kier alpha value is -1.19. The first-order valence-corrected chi connectivity index (χ1v) is 8.43. The Bertz CT molecular complexity index is 535. The maximum atomic E-state index is 4.74. The molecule has 0 N–H and O–H groups in total. The topological polar surface area (TPSA) is 16.1 Å². The molecule has 2 aromatic rings. The summed E-state index contributed by atoms with van der Waals surface area (Å²) in [6.45, 7) is 5.60. The molecule has 0 aliphatic carbocycles. The predicted octanol–water partition coefficient (Wildman–Crippen LogP) is 4.09. The molecule has 106 valence electrons. The minimum absolute atomic E-state index is 0.699. The van der Waals surface area contributed by atoms with Gasteiger partial charge in [-0.3, -0.25) is 4.90 Å². The molecule has 0 spiro atoms. The van der Waals surface area contributed by atoms with E-state index in [1.54, 1.807) is 0 Å². The van der Waals surface area contributed by atoms with Crippen molar-refractivity contribution in [2.24, 2.45) is 0 Å². The van der Waals surface area contributed by atoms with Crippen LogP contribution in [0, 0.1) is 0 Å². The summed E-state index contributed by atoms with van der Waals surface area (Å²) in [6.07, 6.45) is 3.58. The average molecular weight is 286 g/mol. The second kappa shape index (κ2) is 6.51. The average Bonchev–Trinajstić information content (AvgIpc) is 3.11. The monoisotopic (exact) mass is 286 g/mol. The molecule has 1 aromatic heterocycles. The molecule has 3 heteroatoms. The Kier molecular flexibility index (Phi) is 4.48. The summed E-state index contributed by atoms with van der Waals surface area (Å²) in [4.78, 5) is 7.28. The molecule has 20 heavy (non-hydrogen) atoms. The van der Waals surface area contributed by atoms with E-state index >= 15 is 0 Å². The summed E-state index contributed by atoms with van der Waals surface area (Å²) in [6, 6.07) is 10.9. The van der Waals surface area contributed by atoms with Gasteiger partial charge in [0.05, 0.1) is 10.7 Å². The Morgan fingerprint density at radius 1 is 1.30 bits per heavy atom. The molecular formula is C17H22N2S. The molecule has 1 fully saturated rings. The van der Waals surface area contributed by atoms with Crippen LogP contribution in [0.5, 0.6) is 0 Å². The van der Waals surface area contributed by atoms with Gasteiger partial charge < -0.3 is 0 Å². The van der Waals surface area contributed by atoms with Crippen molar-refractivity contribution in [2.75, 3.05) is 13.1 Å². The normalized spacial score (nSPS) is 19.6. The molecule has 0 saturated carbocycles. The molecule has 1 aliphatic heterocycles. The Morgan fingerprint density at radius 2 is 2.15 bits per heavy atom. The minimum Gasteiger partial charge on any atom is -0.297 e. The summed E-state index contributed by atoms with van der Waals surface area (Å²) < 4.78 is 0. The van der Waals surface area contributed by atoms with Crippen LogP contribution >= 0.6 is 11.3 Å². The van der Waals surface area contributed by atoms with Crippen LogP contribution in [0.15, 0.2) is 35.7 Å². The zero-order chi connectivity index (χ0) is 13.8. The first kappa shape index (κ1) is 13.8. The van der Waals surface area contributed by atoms with Crippen LogP contribution in [0.3, 0.4) is 0 Å². The molecule has 0 amide bonds. The van der Waals surface area contributed by atoms with Crippen molar-refractivity contribution in [1.29, 1.82) is 0 Å². The van der Waals surface area contributed by atoms with Gasteiger partial charge in [-0.25, -0.2) is 4.98 Å². The van der Waals surface area contributed by atoms with E-state index in [1.807, 2.05) is 11.3 Å². The summed E-state index contributed by atoms with van der Waals surface area (Å²) in [5, 5.41) is 3.53. The summed E-state index contributed by atoms with van der Waals surface area (Å²) in [5.41, 5.74) is 2.74. The molecule has 0 bridgehead atoms. The quantitative estimate of drug-likeness (QED) is 0.823. The number of aryl methyl sites for hydroxylation is 1. The number of rotatable bonds is 5. The van der Waals surface area contributed by atoms with Crippen LogP contribution in [0.1, 0.15) is 41.9 Å². The molecule has 1 saturated heterocycles. The number of likely N-dealkylation sites (tertiary alicyclic amines) is 1. The first-order chi connectivity index (χ1) is 9.85. The smallest absolute Gasteiger partial charge is 0.0928 e. The fourth-order valence-corrected chi connectivity index (χ4v) is 3.84. The Labute approximate surface area is 125 Å². The van der Waals surface area contributed by atoms with Gasteiger partial charge in [-0.2, -0.15) is 0 Å². The fourth-order valence-electron chi connectivity index (χ4n) is 2.95. The van der Waals surface area contributed by atoms with Crippen molar-refractivity contribution < 1.29 is 0 Å². The van der Waals surface area contributed by atoms with Gasteiger partial charge in [0.25, 0.3) is 0 Å². The van der Waals surface area contributed by atoms with E-state index in [0.29, 0.717) is 5.92 Å². The summed E-state index contributed by atoms with van der Waals surface area (Å²) in [7, 11) is 0. The molecule has 2 nitrogen and oxygen atoms in total. The van der Waals surface area contributed by atoms with E-state index in [2.05, 4.69) is 47.5 Å². The number of nitrogens with zero attached hydrogens (tertiary/aromatic N) is 2. The van der Waals surface area contributed by atoms with E-state index in [-0.39, 0.29) is 0 Å². The molecule has 1 aromatic carbocycles. The van der Waals surface area contributed by atoms with Gasteiger partial charge in [0, 0.05) is 18.5 Å². The molecule has 1 atom stereocenters. The van der Waals surface area contributed by atoms with E-state index in [4.69, 9.17) is 4.98 Å². The Morgan fingerprint density at radius 3 is 2.95 bits per heavy atom. The number of hydrogen-bond donors (Lipinski definition) is 0. The highest BCUT2D eigenvalue weighted by Crippen LogP contribution is 2.28. The molecule has 2 heterocycles. The lowest BCUT2D eigenvalue weighted by Crippen LogP contribution is -2.20. The lowest BCUT2D eigenvalue weighted by molar-refractivity contribution is 0.323. The number of aromatic nitrogens is 1. The maximum absolute atomic E-state index is 4.74. The van der Waals surface area contributed by atoms with Crippen LogP contribution in [-0.4, -0.2) is 23.0 Å². The van der Waals surface area contributed by atoms with Crippen LogP contribution < -0.4 is 0 Å². The second-order valence-electron chi connectivity index (χ2n) is 5.61. The zero-order valence-corrected chi connectivity index (χ0v) is 12.9. The highest BCUT2D eigenvalue weighted by Gasteiger charge is 2.24. The second-order valence-corrected chi connectivity index (χ2v) is 6.56. The SMILES string of the molecule is CCCc1nc(CN2CC[C@H](c3ccccc3)C2)cs1. The van der Waals surface area contributed by atoms with Gasteiger partial charge in [0.15, 0.2) is 0 Å². The van der Waals surface area contributed by atoms with Crippen molar-refractivity contribution >= 4 is 11.3 Å². The van der Waals surface area contributed by atoms with E-state index in [9.17, 15) is 0 Å². The number of thiazole rings is 1. The van der Waals surface area contributed by atoms with Gasteiger partial charge >= 0.3 is 0 Å². The molecule has 3 rings (SSSR count). The fraction of sp³-hybridized carbons (Fsp3) is 0.471. The predicted molar refractivity (Wildman–Crippen MR) is 85.2 cm³/mol. The minimum atomic E-state index is 0.699. The summed E-state index contributed by atoms with van der Waals surface area (Å²) >= 11 is 1.82. The highest BCUT2D eigenvalue weighted by atomic mass is 32.1. The van der Waals surface area contributed by atoms with Crippen LogP contribution in [0.25, 0.3) is 0 Å². The third-order valence-corrected chi connectivity index (χ3v) is 4.95. The van der Waals surface area contributed by atoms with E-state index < -0.39 is 0 Å². The van der Waals surface area contributed by atoms with Crippen LogP contribution in [-0.2, 0) is 13.0 Å². The van der Waals surface area contributed by atoms with Crippen molar-refractivity contribution in [1.82, 2.24) is 9.88 Å². The lowest BCUT2D eigenvalue weighted by Gasteiger charge is -2.14. The molecule has 0 unspecified atom stereocenters. The first-order valence-electron chi connectivity index (χ1n) is 7.55. The number of benzene rings is 1. The van der Waals surface area contributed by atoms with Gasteiger partial charge in [-0.1, -0.05) is 37.3 Å². The van der Waals surface area contributed by atoms with E-state index in [1.165, 1.54) is 42.2 Å². The standard InChI is InChI=1S/C17H22N2S/c1-2-6-17-18-16(13-20-17)12-19-10-9-15(11-19)14-7-4-3-5-8-14/h3-5,7-8,13,15H,2,6,9-12H2,1H3/t15-/m0/s1. The van der Waals surface area contributed by atoms with Crippen molar-refractivity contribution in [3.8, 4) is 0 Å². The van der Waals surface area contributed by atoms with Gasteiger partial charge in [-0.15, -0.1) is 11.3 Å². The van der Waals surface area contributed by atoms with Crippen molar-refractivity contribution in [3.63, 3.8) is 0 Å². The lowest BCUT2D eigenvalue weighted by atomic mass is 9.99. The van der Waals surface area contributed by atoms with E-state index in [0.717, 1.165) is 13.0 Å². The molecular weight excluding hydrogens is 264 g/mol. The molecule has 0 radical (unpaired) electrons. The third kappa shape index (κ3) is 3.28. The van der Waals surface area contributed by atoms with Crippen LogP contribution in [0.2, 0.25) is 0 Å². The van der Waals surface area contributed by atoms with Gasteiger partial charge in [-0.05, 0) is 37.3 Å². The Balaban J connectivity index is 1.57. The maximum Gasteiger partial charge on any atom is 0.0928 e.